The van der Waals surface area contributed by atoms with Crippen molar-refractivity contribution in [3.05, 3.63) is 0 Å². The van der Waals surface area contributed by atoms with Gasteiger partial charge in [0, 0.05) is 19.1 Å². The lowest BCUT2D eigenvalue weighted by atomic mass is 9.93. The molecule has 2 aliphatic rings. The van der Waals surface area contributed by atoms with Gasteiger partial charge in [-0.1, -0.05) is 0 Å². The van der Waals surface area contributed by atoms with E-state index in [2.05, 4.69) is 21.7 Å². The molecular weight excluding hydrogens is 200 g/mol. The number of aliphatic imine (C=N–C) groups is 1. The van der Waals surface area contributed by atoms with Gasteiger partial charge in [0.05, 0.1) is 12.0 Å². The standard InChI is InChI=1S/C12H20N4/c1-14-12(15-10-5-3-6-10)16-11-7-2-4-9(11)8-13/h9-11H,2-7H2,1H3,(H2,14,15,16). The van der Waals surface area contributed by atoms with E-state index in [0.717, 1.165) is 25.2 Å². The smallest absolute Gasteiger partial charge is 0.191 e. The molecule has 0 amide bonds. The number of hydrogen-bond donors (Lipinski definition) is 2. The van der Waals surface area contributed by atoms with Crippen molar-refractivity contribution >= 4 is 5.96 Å². The first-order valence-corrected chi connectivity index (χ1v) is 6.23. The van der Waals surface area contributed by atoms with Crippen LogP contribution in [0.4, 0.5) is 0 Å². The van der Waals surface area contributed by atoms with Crippen molar-refractivity contribution in [1.82, 2.24) is 10.6 Å². The molecule has 2 unspecified atom stereocenters. The van der Waals surface area contributed by atoms with Crippen LogP contribution in [-0.2, 0) is 0 Å². The van der Waals surface area contributed by atoms with Crippen molar-refractivity contribution in [1.29, 1.82) is 5.26 Å². The maximum absolute atomic E-state index is 9.01. The molecule has 0 aliphatic heterocycles. The predicted molar refractivity (Wildman–Crippen MR) is 64.0 cm³/mol. The van der Waals surface area contributed by atoms with E-state index in [4.69, 9.17) is 5.26 Å². The van der Waals surface area contributed by atoms with Crippen LogP contribution in [0.2, 0.25) is 0 Å². The van der Waals surface area contributed by atoms with E-state index in [9.17, 15) is 0 Å². The molecule has 0 radical (unpaired) electrons. The highest BCUT2D eigenvalue weighted by atomic mass is 15.2. The lowest BCUT2D eigenvalue weighted by Gasteiger charge is -2.29. The Morgan fingerprint density at radius 1 is 1.19 bits per heavy atom. The van der Waals surface area contributed by atoms with Crippen LogP contribution in [0.1, 0.15) is 38.5 Å². The lowest BCUT2D eigenvalue weighted by Crippen LogP contribution is -2.50. The van der Waals surface area contributed by atoms with Gasteiger partial charge in [0.2, 0.25) is 0 Å². The van der Waals surface area contributed by atoms with Gasteiger partial charge in [0.1, 0.15) is 0 Å². The van der Waals surface area contributed by atoms with Crippen molar-refractivity contribution in [3.8, 4) is 6.07 Å². The molecule has 0 aromatic carbocycles. The fourth-order valence-corrected chi connectivity index (χ4v) is 2.38. The Labute approximate surface area is 97.1 Å². The molecule has 4 nitrogen and oxygen atoms in total. The maximum atomic E-state index is 9.01. The van der Waals surface area contributed by atoms with Gasteiger partial charge in [0.15, 0.2) is 5.96 Å². The van der Waals surface area contributed by atoms with Gasteiger partial charge >= 0.3 is 0 Å². The summed E-state index contributed by atoms with van der Waals surface area (Å²) in [4.78, 5) is 4.23. The molecule has 16 heavy (non-hydrogen) atoms. The first-order chi connectivity index (χ1) is 7.83. The second-order valence-electron chi connectivity index (χ2n) is 4.76. The number of rotatable bonds is 2. The monoisotopic (exact) mass is 220 g/mol. The van der Waals surface area contributed by atoms with E-state index in [-0.39, 0.29) is 12.0 Å². The van der Waals surface area contributed by atoms with Crippen molar-refractivity contribution in [2.75, 3.05) is 7.05 Å². The average Bonchev–Trinajstić information content (AvgIpc) is 2.68. The molecule has 2 saturated carbocycles. The van der Waals surface area contributed by atoms with E-state index in [1.54, 1.807) is 7.05 Å². The maximum Gasteiger partial charge on any atom is 0.191 e. The van der Waals surface area contributed by atoms with Gasteiger partial charge in [-0.05, 0) is 38.5 Å². The average molecular weight is 220 g/mol. The predicted octanol–water partition coefficient (Wildman–Crippen LogP) is 1.40. The number of hydrogen-bond acceptors (Lipinski definition) is 2. The molecule has 0 bridgehead atoms. The van der Waals surface area contributed by atoms with Crippen LogP contribution >= 0.6 is 0 Å². The molecule has 0 saturated heterocycles. The van der Waals surface area contributed by atoms with Crippen molar-refractivity contribution in [2.45, 2.75) is 50.6 Å². The second kappa shape index (κ2) is 5.20. The van der Waals surface area contributed by atoms with Crippen LogP contribution < -0.4 is 10.6 Å². The molecule has 2 atom stereocenters. The summed E-state index contributed by atoms with van der Waals surface area (Å²) in [6, 6.07) is 3.26. The summed E-state index contributed by atoms with van der Waals surface area (Å²) in [7, 11) is 1.80. The molecule has 0 aromatic heterocycles. The number of nitriles is 1. The molecule has 0 heterocycles. The Morgan fingerprint density at radius 3 is 2.50 bits per heavy atom. The molecule has 2 fully saturated rings. The van der Waals surface area contributed by atoms with Crippen LogP contribution in [0.3, 0.4) is 0 Å². The van der Waals surface area contributed by atoms with E-state index < -0.39 is 0 Å². The van der Waals surface area contributed by atoms with Gasteiger partial charge in [-0.2, -0.15) is 5.26 Å². The summed E-state index contributed by atoms with van der Waals surface area (Å²) in [5.41, 5.74) is 0. The normalized spacial score (nSPS) is 30.6. The first-order valence-electron chi connectivity index (χ1n) is 6.23. The fraction of sp³-hybridized carbons (Fsp3) is 0.833. The van der Waals surface area contributed by atoms with Gasteiger partial charge in [0.25, 0.3) is 0 Å². The summed E-state index contributed by atoms with van der Waals surface area (Å²) in [6.07, 6.45) is 7.06. The third kappa shape index (κ3) is 2.46. The van der Waals surface area contributed by atoms with Crippen molar-refractivity contribution in [3.63, 3.8) is 0 Å². The second-order valence-corrected chi connectivity index (χ2v) is 4.76. The zero-order valence-corrected chi connectivity index (χ0v) is 9.87. The fourth-order valence-electron chi connectivity index (χ4n) is 2.38. The third-order valence-electron chi connectivity index (χ3n) is 3.67. The summed E-state index contributed by atoms with van der Waals surface area (Å²) in [5, 5.41) is 15.8. The Bertz CT molecular complexity index is 301. The zero-order valence-electron chi connectivity index (χ0n) is 9.87. The largest absolute Gasteiger partial charge is 0.354 e. The summed E-state index contributed by atoms with van der Waals surface area (Å²) in [5.74, 6) is 1.02. The van der Waals surface area contributed by atoms with E-state index >= 15 is 0 Å². The Morgan fingerprint density at radius 2 is 1.94 bits per heavy atom. The van der Waals surface area contributed by atoms with E-state index in [0.29, 0.717) is 6.04 Å². The number of guanidine groups is 1. The lowest BCUT2D eigenvalue weighted by molar-refractivity contribution is 0.376. The highest BCUT2D eigenvalue weighted by molar-refractivity contribution is 5.80. The summed E-state index contributed by atoms with van der Waals surface area (Å²) < 4.78 is 0. The number of nitrogens with one attached hydrogen (secondary N) is 2. The van der Waals surface area contributed by atoms with Crippen LogP contribution in [0.5, 0.6) is 0 Å². The van der Waals surface area contributed by atoms with E-state index in [1.165, 1.54) is 19.3 Å². The molecular formula is C12H20N4. The Kier molecular flexibility index (Phi) is 3.66. The van der Waals surface area contributed by atoms with Gasteiger partial charge in [-0.15, -0.1) is 0 Å². The molecule has 4 heteroatoms. The topological polar surface area (TPSA) is 60.2 Å². The molecule has 88 valence electrons. The van der Waals surface area contributed by atoms with Crippen LogP contribution in [-0.4, -0.2) is 25.1 Å². The van der Waals surface area contributed by atoms with Gasteiger partial charge in [-0.3, -0.25) is 4.99 Å². The van der Waals surface area contributed by atoms with Gasteiger partial charge in [-0.25, -0.2) is 0 Å². The Hall–Kier alpha value is -1.24. The molecule has 2 aliphatic carbocycles. The minimum absolute atomic E-state index is 0.153. The van der Waals surface area contributed by atoms with Gasteiger partial charge < -0.3 is 10.6 Å². The summed E-state index contributed by atoms with van der Waals surface area (Å²) in [6.45, 7) is 0. The molecule has 2 rings (SSSR count). The van der Waals surface area contributed by atoms with Crippen molar-refractivity contribution < 1.29 is 0 Å². The third-order valence-corrected chi connectivity index (χ3v) is 3.67. The van der Waals surface area contributed by atoms with Crippen LogP contribution in [0.25, 0.3) is 0 Å². The highest BCUT2D eigenvalue weighted by Crippen LogP contribution is 2.25. The Balaban J connectivity index is 1.84. The minimum Gasteiger partial charge on any atom is -0.354 e. The SMILES string of the molecule is CN=C(NC1CCC1)NC1CCCC1C#N. The van der Waals surface area contributed by atoms with Crippen molar-refractivity contribution in [2.24, 2.45) is 10.9 Å². The van der Waals surface area contributed by atoms with Crippen LogP contribution in [0.15, 0.2) is 4.99 Å². The van der Waals surface area contributed by atoms with E-state index in [1.807, 2.05) is 0 Å². The zero-order chi connectivity index (χ0) is 11.4. The molecule has 0 aromatic rings. The van der Waals surface area contributed by atoms with Crippen LogP contribution in [0, 0.1) is 17.2 Å². The molecule has 2 N–H and O–H groups in total. The highest BCUT2D eigenvalue weighted by Gasteiger charge is 2.28. The quantitative estimate of drug-likeness (QED) is 0.546. The minimum atomic E-state index is 0.153. The summed E-state index contributed by atoms with van der Waals surface area (Å²) >= 11 is 0. The number of nitrogens with zero attached hydrogens (tertiary/aromatic N) is 2. The first kappa shape index (κ1) is 11.3. The molecule has 0 spiro atoms.